The molecule has 3 heteroatoms. The molecule has 7 rings (SSSR count). The minimum absolute atomic E-state index is 0.286. The van der Waals surface area contributed by atoms with Crippen molar-refractivity contribution in [2.24, 2.45) is 0 Å². The van der Waals surface area contributed by atoms with Crippen molar-refractivity contribution in [2.75, 3.05) is 0 Å². The smallest absolute Gasteiger partial charge is 0.145 e. The Morgan fingerprint density at radius 1 is 0.610 bits per heavy atom. The lowest BCUT2D eigenvalue weighted by Gasteiger charge is -2.23. The standard InChI is InChI=1S/C38H31N3/c1-25(2)33-22-31(27-12-6-4-7-13-27)23-34(28-14-8-5-9-15-28)37(33)41-36-17-11-10-16-35(36)40-38(41)30-19-18-29-20-26(3)39-24-32(29)21-30/h4-25H,1-3H3. The van der Waals surface area contributed by atoms with Crippen LogP contribution in [-0.4, -0.2) is 14.5 Å². The van der Waals surface area contributed by atoms with Gasteiger partial charge in [-0.25, -0.2) is 4.98 Å². The van der Waals surface area contributed by atoms with Crippen LogP contribution >= 0.6 is 0 Å². The zero-order valence-electron chi connectivity index (χ0n) is 23.5. The summed E-state index contributed by atoms with van der Waals surface area (Å²) in [6, 6.07) is 43.3. The normalized spacial score (nSPS) is 11.5. The number of pyridine rings is 1. The predicted molar refractivity (Wildman–Crippen MR) is 172 cm³/mol. The highest BCUT2D eigenvalue weighted by Crippen LogP contribution is 2.41. The molecule has 0 spiro atoms. The Labute approximate surface area is 240 Å². The lowest BCUT2D eigenvalue weighted by molar-refractivity contribution is 0.852. The third-order valence-corrected chi connectivity index (χ3v) is 7.85. The maximum absolute atomic E-state index is 5.24. The third-order valence-electron chi connectivity index (χ3n) is 7.85. The van der Waals surface area contributed by atoms with Gasteiger partial charge in [-0.2, -0.15) is 0 Å². The van der Waals surface area contributed by atoms with Crippen LogP contribution in [0, 0.1) is 6.92 Å². The molecule has 198 valence electrons. The Hall–Kier alpha value is -5.02. The van der Waals surface area contributed by atoms with Crippen molar-refractivity contribution in [3.05, 3.63) is 139 Å². The summed E-state index contributed by atoms with van der Waals surface area (Å²) in [6.45, 7) is 6.60. The Kier molecular flexibility index (Phi) is 6.20. The molecule has 41 heavy (non-hydrogen) atoms. The monoisotopic (exact) mass is 529 g/mol. The van der Waals surface area contributed by atoms with Crippen molar-refractivity contribution in [2.45, 2.75) is 26.7 Å². The maximum atomic E-state index is 5.24. The second-order valence-electron chi connectivity index (χ2n) is 11.0. The van der Waals surface area contributed by atoms with Gasteiger partial charge in [0.1, 0.15) is 5.82 Å². The molecule has 0 radical (unpaired) electrons. The van der Waals surface area contributed by atoms with Crippen molar-refractivity contribution < 1.29 is 0 Å². The number of para-hydroxylation sites is 2. The first-order chi connectivity index (χ1) is 20.1. The molecule has 0 bridgehead atoms. The van der Waals surface area contributed by atoms with E-state index < -0.39 is 0 Å². The fourth-order valence-electron chi connectivity index (χ4n) is 5.82. The van der Waals surface area contributed by atoms with Crippen LogP contribution in [0.3, 0.4) is 0 Å². The first-order valence-electron chi connectivity index (χ1n) is 14.2. The minimum atomic E-state index is 0.286. The number of aryl methyl sites for hydroxylation is 1. The van der Waals surface area contributed by atoms with Gasteiger partial charge in [0.05, 0.1) is 16.7 Å². The number of hydrogen-bond acceptors (Lipinski definition) is 2. The summed E-state index contributed by atoms with van der Waals surface area (Å²) in [5, 5.41) is 2.29. The van der Waals surface area contributed by atoms with E-state index in [-0.39, 0.29) is 5.92 Å². The molecule has 0 fully saturated rings. The fraction of sp³-hybridized carbons (Fsp3) is 0.105. The highest BCUT2D eigenvalue weighted by atomic mass is 15.1. The Morgan fingerprint density at radius 3 is 2.07 bits per heavy atom. The average Bonchev–Trinajstić information content (AvgIpc) is 3.40. The molecule has 0 atom stereocenters. The van der Waals surface area contributed by atoms with Crippen molar-refractivity contribution in [3.8, 4) is 39.3 Å². The third kappa shape index (κ3) is 4.50. The van der Waals surface area contributed by atoms with Crippen molar-refractivity contribution in [3.63, 3.8) is 0 Å². The molecule has 0 aliphatic rings. The second kappa shape index (κ2) is 10.2. The van der Waals surface area contributed by atoms with Gasteiger partial charge in [-0.1, -0.05) is 98.8 Å². The molecule has 0 saturated carbocycles. The zero-order valence-corrected chi connectivity index (χ0v) is 23.5. The highest BCUT2D eigenvalue weighted by molar-refractivity contribution is 5.92. The molecule has 0 aliphatic carbocycles. The van der Waals surface area contributed by atoms with Crippen LogP contribution in [0.4, 0.5) is 0 Å². The van der Waals surface area contributed by atoms with Gasteiger partial charge < -0.3 is 0 Å². The van der Waals surface area contributed by atoms with Crippen molar-refractivity contribution in [1.82, 2.24) is 14.5 Å². The first kappa shape index (κ1) is 25.0. The largest absolute Gasteiger partial charge is 0.291 e. The Balaban J connectivity index is 1.58. The predicted octanol–water partition coefficient (Wildman–Crippen LogP) is 10.0. The molecule has 0 N–H and O–H groups in total. The molecule has 5 aromatic carbocycles. The number of rotatable bonds is 5. The van der Waals surface area contributed by atoms with Gasteiger partial charge in [0, 0.05) is 28.4 Å². The van der Waals surface area contributed by atoms with E-state index >= 15 is 0 Å². The molecule has 0 aliphatic heterocycles. The van der Waals surface area contributed by atoms with E-state index in [0.717, 1.165) is 33.5 Å². The Morgan fingerprint density at radius 2 is 1.32 bits per heavy atom. The molecular formula is C38H31N3. The number of aromatic nitrogens is 3. The van der Waals surface area contributed by atoms with Crippen LogP contribution < -0.4 is 0 Å². The van der Waals surface area contributed by atoms with E-state index in [1.807, 2.05) is 13.1 Å². The summed E-state index contributed by atoms with van der Waals surface area (Å²) < 4.78 is 2.38. The van der Waals surface area contributed by atoms with Crippen molar-refractivity contribution in [1.29, 1.82) is 0 Å². The molecule has 0 unspecified atom stereocenters. The van der Waals surface area contributed by atoms with Crippen LogP contribution in [0.2, 0.25) is 0 Å². The van der Waals surface area contributed by atoms with Crippen molar-refractivity contribution >= 4 is 21.8 Å². The summed E-state index contributed by atoms with van der Waals surface area (Å²) >= 11 is 0. The number of nitrogens with zero attached hydrogens (tertiary/aromatic N) is 3. The van der Waals surface area contributed by atoms with E-state index in [4.69, 9.17) is 4.98 Å². The van der Waals surface area contributed by atoms with Crippen LogP contribution in [-0.2, 0) is 0 Å². The highest BCUT2D eigenvalue weighted by Gasteiger charge is 2.23. The quantitative estimate of drug-likeness (QED) is 0.222. The van der Waals surface area contributed by atoms with Gasteiger partial charge in [0.2, 0.25) is 0 Å². The van der Waals surface area contributed by atoms with Crippen LogP contribution in [0.1, 0.15) is 31.0 Å². The fourth-order valence-corrected chi connectivity index (χ4v) is 5.82. The Bertz CT molecular complexity index is 2020. The average molecular weight is 530 g/mol. The number of imidazole rings is 1. The molecule has 2 aromatic heterocycles. The summed E-state index contributed by atoms with van der Waals surface area (Å²) in [4.78, 5) is 9.81. The van der Waals surface area contributed by atoms with Gasteiger partial charge in [-0.3, -0.25) is 9.55 Å². The van der Waals surface area contributed by atoms with Gasteiger partial charge in [0.25, 0.3) is 0 Å². The zero-order chi connectivity index (χ0) is 27.9. The van der Waals surface area contributed by atoms with E-state index in [9.17, 15) is 0 Å². The van der Waals surface area contributed by atoms with Crippen LogP contribution in [0.5, 0.6) is 0 Å². The molecule has 3 nitrogen and oxygen atoms in total. The van der Waals surface area contributed by atoms with Crippen LogP contribution in [0.15, 0.2) is 128 Å². The number of hydrogen-bond donors (Lipinski definition) is 0. The topological polar surface area (TPSA) is 30.7 Å². The summed E-state index contributed by atoms with van der Waals surface area (Å²) in [6.07, 6.45) is 1.96. The molecule has 0 saturated heterocycles. The maximum Gasteiger partial charge on any atom is 0.145 e. The number of benzene rings is 5. The molecular weight excluding hydrogens is 498 g/mol. The van der Waals surface area contributed by atoms with Crippen LogP contribution in [0.25, 0.3) is 61.1 Å². The molecule has 0 amide bonds. The summed E-state index contributed by atoms with van der Waals surface area (Å²) in [5.41, 5.74) is 11.4. The van der Waals surface area contributed by atoms with Gasteiger partial charge in [-0.15, -0.1) is 0 Å². The van der Waals surface area contributed by atoms with E-state index in [0.29, 0.717) is 0 Å². The second-order valence-corrected chi connectivity index (χ2v) is 11.0. The lowest BCUT2D eigenvalue weighted by atomic mass is 9.89. The summed E-state index contributed by atoms with van der Waals surface area (Å²) in [7, 11) is 0. The van der Waals surface area contributed by atoms with Gasteiger partial charge >= 0.3 is 0 Å². The van der Waals surface area contributed by atoms with Gasteiger partial charge in [0.15, 0.2) is 0 Å². The molecule has 2 heterocycles. The first-order valence-corrected chi connectivity index (χ1v) is 14.2. The van der Waals surface area contributed by atoms with Gasteiger partial charge in [-0.05, 0) is 76.9 Å². The summed E-state index contributed by atoms with van der Waals surface area (Å²) in [5.74, 6) is 1.22. The minimum Gasteiger partial charge on any atom is -0.291 e. The van der Waals surface area contributed by atoms with E-state index in [1.54, 1.807) is 0 Å². The lowest BCUT2D eigenvalue weighted by Crippen LogP contribution is -2.07. The van der Waals surface area contributed by atoms with E-state index in [2.05, 4.69) is 145 Å². The molecule has 7 aromatic rings. The van der Waals surface area contributed by atoms with E-state index in [1.165, 1.54) is 38.9 Å². The number of fused-ring (bicyclic) bond motifs is 2. The SMILES string of the molecule is Cc1cc2ccc(-c3nc4ccccc4n3-c3c(-c4ccccc4)cc(-c4ccccc4)cc3C(C)C)cc2cn1.